The molecule has 5 rings (SSSR count). The molecule has 2 aromatic carbocycles. The Hall–Kier alpha value is -3.68. The molecule has 2 amide bonds. The van der Waals surface area contributed by atoms with Crippen LogP contribution in [-0.2, 0) is 17.9 Å². The van der Waals surface area contributed by atoms with Crippen molar-refractivity contribution in [2.24, 2.45) is 0 Å². The van der Waals surface area contributed by atoms with Gasteiger partial charge in [-0.2, -0.15) is 0 Å². The van der Waals surface area contributed by atoms with Crippen LogP contribution in [0.15, 0.2) is 60.8 Å². The summed E-state index contributed by atoms with van der Waals surface area (Å²) in [6.45, 7) is 2.91. The lowest BCUT2D eigenvalue weighted by atomic mass is 10.1. The molecule has 8 heteroatoms. The summed E-state index contributed by atoms with van der Waals surface area (Å²) in [7, 11) is 0. The van der Waals surface area contributed by atoms with Crippen molar-refractivity contribution in [3.05, 3.63) is 77.6 Å². The van der Waals surface area contributed by atoms with Gasteiger partial charge in [0.05, 0.1) is 18.8 Å². The van der Waals surface area contributed by atoms with E-state index in [0.717, 1.165) is 24.2 Å². The molecular formula is C24H25N5O3. The number of nitrogens with zero attached hydrogens (tertiary/aromatic N) is 5. The van der Waals surface area contributed by atoms with E-state index in [0.29, 0.717) is 44.0 Å². The van der Waals surface area contributed by atoms with Gasteiger partial charge in [-0.3, -0.25) is 9.59 Å². The molecule has 0 atom stereocenters. The molecule has 0 bridgehead atoms. The molecule has 0 N–H and O–H groups in total. The van der Waals surface area contributed by atoms with Gasteiger partial charge in [0.25, 0.3) is 5.91 Å². The summed E-state index contributed by atoms with van der Waals surface area (Å²) in [6.07, 6.45) is 3.41. The zero-order valence-electron chi connectivity index (χ0n) is 17.8. The number of carbonyl (C=O) groups excluding carboxylic acids is 2. The predicted molar refractivity (Wildman–Crippen MR) is 117 cm³/mol. The zero-order valence-corrected chi connectivity index (χ0v) is 17.8. The number of aromatic nitrogens is 3. The first-order valence-electron chi connectivity index (χ1n) is 10.9. The molecular weight excluding hydrogens is 406 g/mol. The van der Waals surface area contributed by atoms with Gasteiger partial charge in [0.15, 0.2) is 0 Å². The lowest BCUT2D eigenvalue weighted by Gasteiger charge is -2.38. The van der Waals surface area contributed by atoms with Crippen molar-refractivity contribution in [1.29, 1.82) is 0 Å². The Morgan fingerprint density at radius 3 is 2.72 bits per heavy atom. The number of hydrogen-bond acceptors (Lipinski definition) is 5. The quantitative estimate of drug-likeness (QED) is 0.575. The van der Waals surface area contributed by atoms with E-state index in [4.69, 9.17) is 4.74 Å². The molecule has 2 aliphatic heterocycles. The second kappa shape index (κ2) is 8.82. The second-order valence-electron chi connectivity index (χ2n) is 8.27. The zero-order chi connectivity index (χ0) is 21.9. The Morgan fingerprint density at radius 1 is 1.09 bits per heavy atom. The van der Waals surface area contributed by atoms with Crippen molar-refractivity contribution in [2.75, 3.05) is 19.6 Å². The minimum atomic E-state index is -0.0191. The van der Waals surface area contributed by atoms with Gasteiger partial charge >= 0.3 is 0 Å². The maximum Gasteiger partial charge on any atom is 0.254 e. The first-order valence-corrected chi connectivity index (χ1v) is 10.9. The fraction of sp³-hybridized carbons (Fsp3) is 0.333. The van der Waals surface area contributed by atoms with E-state index in [9.17, 15) is 9.59 Å². The maximum absolute atomic E-state index is 12.9. The minimum Gasteiger partial charge on any atom is -0.489 e. The number of carbonyl (C=O) groups is 2. The molecule has 0 spiro atoms. The van der Waals surface area contributed by atoms with Gasteiger partial charge in [-0.1, -0.05) is 41.6 Å². The molecule has 2 fully saturated rings. The summed E-state index contributed by atoms with van der Waals surface area (Å²) in [4.78, 5) is 28.3. The Labute approximate surface area is 186 Å². The molecule has 0 radical (unpaired) electrons. The Bertz CT molecular complexity index is 1110. The molecule has 2 aliphatic rings. The van der Waals surface area contributed by atoms with Gasteiger partial charge in [0.1, 0.15) is 18.1 Å². The lowest BCUT2D eigenvalue weighted by molar-refractivity contribution is -0.128. The topological polar surface area (TPSA) is 80.6 Å². The summed E-state index contributed by atoms with van der Waals surface area (Å²) in [5.74, 6) is 0.832. The van der Waals surface area contributed by atoms with Crippen molar-refractivity contribution in [3.8, 4) is 5.75 Å². The number of ether oxygens (including phenoxy) is 1. The van der Waals surface area contributed by atoms with Gasteiger partial charge in [-0.15, -0.1) is 5.10 Å². The number of likely N-dealkylation sites (tertiary alicyclic amines) is 2. The molecule has 2 saturated heterocycles. The molecule has 0 saturated carbocycles. The van der Waals surface area contributed by atoms with E-state index in [1.165, 1.54) is 0 Å². The van der Waals surface area contributed by atoms with Crippen molar-refractivity contribution in [3.63, 3.8) is 0 Å². The van der Waals surface area contributed by atoms with E-state index in [2.05, 4.69) is 10.3 Å². The Kier molecular flexibility index (Phi) is 5.58. The van der Waals surface area contributed by atoms with E-state index in [-0.39, 0.29) is 17.9 Å². The third kappa shape index (κ3) is 4.34. The number of rotatable bonds is 7. The van der Waals surface area contributed by atoms with Crippen LogP contribution in [0.2, 0.25) is 0 Å². The molecule has 1 aromatic heterocycles. The molecule has 0 aliphatic carbocycles. The maximum atomic E-state index is 12.9. The third-order valence-electron chi connectivity index (χ3n) is 5.93. The van der Waals surface area contributed by atoms with E-state index in [1.807, 2.05) is 59.6 Å². The Morgan fingerprint density at radius 2 is 1.94 bits per heavy atom. The second-order valence-corrected chi connectivity index (χ2v) is 8.27. The molecule has 3 heterocycles. The molecule has 3 aromatic rings. The van der Waals surface area contributed by atoms with Crippen molar-refractivity contribution >= 4 is 11.8 Å². The standard InChI is InChI=1S/C24H25N5O3/c30-23-10-5-11-27(23)13-20-14-29(26-25-20)21-15-28(16-21)24(31)19-8-4-9-22(12-19)32-17-18-6-2-1-3-7-18/h1-4,6-9,12,14,21H,5,10-11,13,15-17H2. The fourth-order valence-electron chi connectivity index (χ4n) is 4.06. The van der Waals surface area contributed by atoms with Gasteiger partial charge in [0, 0.05) is 31.6 Å². The van der Waals surface area contributed by atoms with Crippen molar-refractivity contribution < 1.29 is 14.3 Å². The highest BCUT2D eigenvalue weighted by Crippen LogP contribution is 2.25. The third-order valence-corrected chi connectivity index (χ3v) is 5.93. The van der Waals surface area contributed by atoms with Crippen LogP contribution in [0.25, 0.3) is 0 Å². The van der Waals surface area contributed by atoms with Gasteiger partial charge in [-0.25, -0.2) is 4.68 Å². The average Bonchev–Trinajstić information content (AvgIpc) is 3.41. The Balaban J connectivity index is 1.15. The smallest absolute Gasteiger partial charge is 0.254 e. The fourth-order valence-corrected chi connectivity index (χ4v) is 4.06. The van der Waals surface area contributed by atoms with Crippen LogP contribution in [0.3, 0.4) is 0 Å². The van der Waals surface area contributed by atoms with Crippen LogP contribution in [0, 0.1) is 0 Å². The summed E-state index contributed by atoms with van der Waals surface area (Å²) >= 11 is 0. The van der Waals surface area contributed by atoms with Crippen molar-refractivity contribution in [2.45, 2.75) is 32.0 Å². The highest BCUT2D eigenvalue weighted by Gasteiger charge is 2.33. The SMILES string of the molecule is O=C1CCCN1Cc1cn(C2CN(C(=O)c3cccc(OCc4ccccc4)c3)C2)nn1. The first-order chi connectivity index (χ1) is 15.7. The van der Waals surface area contributed by atoms with Crippen LogP contribution >= 0.6 is 0 Å². The lowest BCUT2D eigenvalue weighted by Crippen LogP contribution is -2.50. The predicted octanol–water partition coefficient (Wildman–Crippen LogP) is 2.68. The number of benzene rings is 2. The molecule has 32 heavy (non-hydrogen) atoms. The van der Waals surface area contributed by atoms with E-state index in [1.54, 1.807) is 15.6 Å². The monoisotopic (exact) mass is 431 g/mol. The van der Waals surface area contributed by atoms with E-state index < -0.39 is 0 Å². The van der Waals surface area contributed by atoms with Gasteiger partial charge < -0.3 is 14.5 Å². The van der Waals surface area contributed by atoms with Crippen LogP contribution < -0.4 is 4.74 Å². The first kappa shape index (κ1) is 20.2. The highest BCUT2D eigenvalue weighted by molar-refractivity contribution is 5.95. The average molecular weight is 431 g/mol. The van der Waals surface area contributed by atoms with Gasteiger partial charge in [0.2, 0.25) is 5.91 Å². The summed E-state index contributed by atoms with van der Waals surface area (Å²) in [5.41, 5.74) is 2.48. The van der Waals surface area contributed by atoms with Crippen molar-refractivity contribution in [1.82, 2.24) is 24.8 Å². The van der Waals surface area contributed by atoms with Crippen LogP contribution in [0.5, 0.6) is 5.75 Å². The van der Waals surface area contributed by atoms with Crippen LogP contribution in [0.4, 0.5) is 0 Å². The highest BCUT2D eigenvalue weighted by atomic mass is 16.5. The van der Waals surface area contributed by atoms with E-state index >= 15 is 0 Å². The largest absolute Gasteiger partial charge is 0.489 e. The summed E-state index contributed by atoms with van der Waals surface area (Å²) in [6, 6.07) is 17.3. The normalized spacial score (nSPS) is 16.3. The number of amides is 2. The summed E-state index contributed by atoms with van der Waals surface area (Å²) in [5, 5.41) is 8.41. The van der Waals surface area contributed by atoms with Crippen LogP contribution in [0.1, 0.15) is 40.5 Å². The van der Waals surface area contributed by atoms with Gasteiger partial charge in [-0.05, 0) is 30.2 Å². The minimum absolute atomic E-state index is 0.0191. The molecule has 0 unspecified atom stereocenters. The summed E-state index contributed by atoms with van der Waals surface area (Å²) < 4.78 is 7.65. The number of hydrogen-bond donors (Lipinski definition) is 0. The van der Waals surface area contributed by atoms with Crippen LogP contribution in [-0.4, -0.2) is 56.2 Å². The molecule has 164 valence electrons. The molecule has 8 nitrogen and oxygen atoms in total.